The zero-order valence-electron chi connectivity index (χ0n) is 10.8. The lowest BCUT2D eigenvalue weighted by molar-refractivity contribution is -0.136. The first-order valence-electron chi connectivity index (χ1n) is 5.79. The lowest BCUT2D eigenvalue weighted by Crippen LogP contribution is -2.26. The fourth-order valence-electron chi connectivity index (χ4n) is 1.74. The maximum Gasteiger partial charge on any atom is 0.316 e. The lowest BCUT2D eigenvalue weighted by atomic mass is 10.0. The van der Waals surface area contributed by atoms with Crippen LogP contribution in [0.4, 0.5) is 0 Å². The van der Waals surface area contributed by atoms with Gasteiger partial charge in [0.2, 0.25) is 0 Å². The summed E-state index contributed by atoms with van der Waals surface area (Å²) in [7, 11) is 0. The topological polar surface area (TPSA) is 79.1 Å². The summed E-state index contributed by atoms with van der Waals surface area (Å²) in [4.78, 5) is 32.2. The Morgan fingerprint density at radius 3 is 2.79 bits per heavy atom. The van der Waals surface area contributed by atoms with Crippen molar-refractivity contribution < 1.29 is 14.7 Å². The molecule has 0 fully saturated rings. The van der Waals surface area contributed by atoms with Crippen molar-refractivity contribution in [2.45, 2.75) is 26.0 Å². The summed E-state index contributed by atoms with van der Waals surface area (Å²) in [6.45, 7) is 5.50. The summed E-state index contributed by atoms with van der Waals surface area (Å²) in [5, 5.41) is 9.05. The average Bonchev–Trinajstić information content (AvgIpc) is 2.62. The fraction of sp³-hybridized carbons (Fsp3) is 0.500. The molecular weight excluding hydrogens is 284 g/mol. The van der Waals surface area contributed by atoms with Gasteiger partial charge in [-0.15, -0.1) is 11.8 Å². The van der Waals surface area contributed by atoms with Crippen LogP contribution < -0.4 is 0 Å². The molecule has 2 heterocycles. The fourth-order valence-corrected chi connectivity index (χ4v) is 3.55. The highest BCUT2D eigenvalue weighted by Gasteiger charge is 2.36. The Morgan fingerprint density at radius 2 is 2.16 bits per heavy atom. The molecule has 2 atom stereocenters. The molecule has 2 aliphatic heterocycles. The Bertz CT molecular complexity index is 537. The number of aliphatic carboxylic acids is 1. The minimum absolute atomic E-state index is 0.189. The van der Waals surface area contributed by atoms with Crippen LogP contribution in [0.25, 0.3) is 0 Å². The molecule has 5 nitrogen and oxygen atoms in total. The first-order valence-corrected chi connectivity index (χ1v) is 7.66. The molecule has 19 heavy (non-hydrogen) atoms. The zero-order chi connectivity index (χ0) is 14.2. The number of amides is 1. The van der Waals surface area contributed by atoms with E-state index in [0.29, 0.717) is 11.6 Å². The Hall–Kier alpha value is -1.08. The summed E-state index contributed by atoms with van der Waals surface area (Å²) in [5.41, 5.74) is 1.02. The molecule has 2 aliphatic rings. The number of nitrogens with zero attached hydrogens (tertiary/aromatic N) is 2. The first kappa shape index (κ1) is 14.3. The molecule has 2 rings (SSSR count). The summed E-state index contributed by atoms with van der Waals surface area (Å²) < 4.78 is 0. The number of fused-ring (bicyclic) bond motifs is 1. The molecule has 1 amide bonds. The van der Waals surface area contributed by atoms with Gasteiger partial charge >= 0.3 is 5.97 Å². The van der Waals surface area contributed by atoms with E-state index in [1.807, 2.05) is 13.8 Å². The van der Waals surface area contributed by atoms with E-state index in [-0.39, 0.29) is 11.8 Å². The highest BCUT2D eigenvalue weighted by Crippen LogP contribution is 2.40. The first-order chi connectivity index (χ1) is 8.90. The van der Waals surface area contributed by atoms with Crippen molar-refractivity contribution in [1.82, 2.24) is 0 Å². The highest BCUT2D eigenvalue weighted by molar-refractivity contribution is 8.17. The van der Waals surface area contributed by atoms with Crippen molar-refractivity contribution in [2.75, 3.05) is 5.75 Å². The van der Waals surface area contributed by atoms with Crippen LogP contribution in [0.3, 0.4) is 0 Å². The molecule has 0 aromatic heterocycles. The molecule has 0 bridgehead atoms. The molecule has 2 unspecified atom stereocenters. The van der Waals surface area contributed by atoms with Gasteiger partial charge in [-0.05, 0) is 31.2 Å². The van der Waals surface area contributed by atoms with Gasteiger partial charge < -0.3 is 5.11 Å². The van der Waals surface area contributed by atoms with E-state index in [4.69, 9.17) is 5.11 Å². The van der Waals surface area contributed by atoms with Crippen LogP contribution in [0.1, 0.15) is 20.8 Å². The molecule has 1 N–H and O–H groups in total. The van der Waals surface area contributed by atoms with E-state index < -0.39 is 11.2 Å². The molecule has 7 heteroatoms. The summed E-state index contributed by atoms with van der Waals surface area (Å²) in [6.07, 6.45) is 0. The number of thioether (sulfide) groups is 2. The van der Waals surface area contributed by atoms with Crippen molar-refractivity contribution in [2.24, 2.45) is 15.9 Å². The van der Waals surface area contributed by atoms with Gasteiger partial charge in [-0.1, -0.05) is 11.8 Å². The van der Waals surface area contributed by atoms with E-state index in [1.54, 1.807) is 6.92 Å². The summed E-state index contributed by atoms with van der Waals surface area (Å²) in [6, 6.07) is 0. The van der Waals surface area contributed by atoms with Gasteiger partial charge in [-0.3, -0.25) is 9.59 Å². The number of carbonyl (C=O) groups excluding carboxylic acids is 1. The van der Waals surface area contributed by atoms with E-state index in [0.717, 1.165) is 15.5 Å². The van der Waals surface area contributed by atoms with Gasteiger partial charge in [-0.2, -0.15) is 4.99 Å². The van der Waals surface area contributed by atoms with Crippen LogP contribution in [0.2, 0.25) is 0 Å². The average molecular weight is 298 g/mol. The van der Waals surface area contributed by atoms with Crippen LogP contribution in [-0.4, -0.2) is 38.9 Å². The Morgan fingerprint density at radius 1 is 1.47 bits per heavy atom. The molecule has 102 valence electrons. The second-order valence-electron chi connectivity index (χ2n) is 4.38. The largest absolute Gasteiger partial charge is 0.480 e. The maximum absolute atomic E-state index is 12.0. The third-order valence-corrected chi connectivity index (χ3v) is 5.32. The minimum Gasteiger partial charge on any atom is -0.480 e. The number of rotatable bonds is 4. The predicted octanol–water partition coefficient (Wildman–Crippen LogP) is 2.19. The number of carboxylic acid groups (broad SMARTS) is 1. The Labute approximate surface area is 119 Å². The van der Waals surface area contributed by atoms with Crippen LogP contribution in [-0.2, 0) is 9.59 Å². The predicted molar refractivity (Wildman–Crippen MR) is 78.9 cm³/mol. The van der Waals surface area contributed by atoms with Crippen LogP contribution >= 0.6 is 23.5 Å². The minimum atomic E-state index is -0.873. The van der Waals surface area contributed by atoms with Crippen molar-refractivity contribution in [3.63, 3.8) is 0 Å². The molecule has 0 saturated carbocycles. The van der Waals surface area contributed by atoms with Gasteiger partial charge in [0.1, 0.15) is 11.8 Å². The smallest absolute Gasteiger partial charge is 0.316 e. The second-order valence-corrected chi connectivity index (χ2v) is 6.95. The van der Waals surface area contributed by atoms with Crippen LogP contribution in [0.5, 0.6) is 0 Å². The number of carboxylic acids is 1. The summed E-state index contributed by atoms with van der Waals surface area (Å²) in [5.74, 6) is -0.610. The normalized spacial score (nSPS) is 23.9. The molecule has 0 spiro atoms. The van der Waals surface area contributed by atoms with Gasteiger partial charge in [0.05, 0.1) is 16.0 Å². The Balaban J connectivity index is 2.07. The second kappa shape index (κ2) is 5.50. The number of carbonyl (C=O) groups is 2. The van der Waals surface area contributed by atoms with Gasteiger partial charge in [0.15, 0.2) is 0 Å². The molecule has 0 aromatic rings. The Kier molecular flexibility index (Phi) is 4.15. The van der Waals surface area contributed by atoms with Crippen LogP contribution in [0.15, 0.2) is 20.5 Å². The van der Waals surface area contributed by atoms with Crippen molar-refractivity contribution in [3.8, 4) is 0 Å². The van der Waals surface area contributed by atoms with E-state index >= 15 is 0 Å². The van der Waals surface area contributed by atoms with Gasteiger partial charge in [0.25, 0.3) is 5.91 Å². The number of amidine groups is 1. The number of hydrogen-bond donors (Lipinski definition) is 1. The zero-order valence-corrected chi connectivity index (χ0v) is 12.5. The number of allylic oxidation sites excluding steroid dienone is 1. The SMILES string of the molecule is CC1=C(C)C2C(=O)N=C(CSC(C)C(=O)O)N=C2S1. The van der Waals surface area contributed by atoms with Crippen molar-refractivity contribution >= 4 is 46.3 Å². The molecule has 0 radical (unpaired) electrons. The van der Waals surface area contributed by atoms with Crippen molar-refractivity contribution in [1.29, 1.82) is 0 Å². The number of hydrogen-bond acceptors (Lipinski definition) is 5. The number of aliphatic imine (C=N–C) groups is 2. The monoisotopic (exact) mass is 298 g/mol. The van der Waals surface area contributed by atoms with E-state index in [2.05, 4.69) is 9.98 Å². The maximum atomic E-state index is 12.0. The molecule has 0 aromatic carbocycles. The van der Waals surface area contributed by atoms with Gasteiger partial charge in [-0.25, -0.2) is 4.99 Å². The van der Waals surface area contributed by atoms with E-state index in [9.17, 15) is 9.59 Å². The lowest BCUT2D eigenvalue weighted by Gasteiger charge is -2.15. The quantitative estimate of drug-likeness (QED) is 0.860. The summed E-state index contributed by atoms with van der Waals surface area (Å²) >= 11 is 2.72. The standard InChI is InChI=1S/C12H14N2O3S2/c1-5-6(2)19-11-9(5)10(15)13-8(14-11)4-18-7(3)12(16)17/h7,9H,4H2,1-3H3,(H,16,17). The third kappa shape index (κ3) is 2.92. The van der Waals surface area contributed by atoms with Crippen LogP contribution in [0, 0.1) is 5.92 Å². The molecule has 0 saturated heterocycles. The van der Waals surface area contributed by atoms with E-state index in [1.165, 1.54) is 23.5 Å². The van der Waals surface area contributed by atoms with Gasteiger partial charge in [0, 0.05) is 0 Å². The highest BCUT2D eigenvalue weighted by atomic mass is 32.2. The molecule has 0 aliphatic carbocycles. The molecular formula is C12H14N2O3S2. The third-order valence-electron chi connectivity index (χ3n) is 3.03. The van der Waals surface area contributed by atoms with Crippen molar-refractivity contribution in [3.05, 3.63) is 10.5 Å².